The van der Waals surface area contributed by atoms with Crippen LogP contribution in [0.15, 0.2) is 34.9 Å². The van der Waals surface area contributed by atoms with Crippen LogP contribution in [0.1, 0.15) is 19.0 Å². The van der Waals surface area contributed by atoms with E-state index in [1.807, 2.05) is 6.07 Å². The predicted molar refractivity (Wildman–Crippen MR) is 77.1 cm³/mol. The number of halogens is 2. The maximum atomic E-state index is 13.1. The van der Waals surface area contributed by atoms with E-state index in [-0.39, 0.29) is 5.82 Å². The van der Waals surface area contributed by atoms with Gasteiger partial charge in [-0.3, -0.25) is 0 Å². The summed E-state index contributed by atoms with van der Waals surface area (Å²) in [6.07, 6.45) is 2.81. The Bertz CT molecular complexity index is 560. The lowest BCUT2D eigenvalue weighted by molar-refractivity contribution is 0.627. The number of hydrogen-bond donors (Lipinski definition) is 1. The summed E-state index contributed by atoms with van der Waals surface area (Å²) in [6, 6.07) is 6.38. The summed E-state index contributed by atoms with van der Waals surface area (Å²) in [5, 5.41) is 3.29. The van der Waals surface area contributed by atoms with E-state index in [0.717, 1.165) is 24.2 Å². The Morgan fingerprint density at radius 2 is 2.16 bits per heavy atom. The van der Waals surface area contributed by atoms with E-state index in [0.29, 0.717) is 16.8 Å². The maximum absolute atomic E-state index is 13.1. The SMILES string of the molecule is CCCNCc1ccnc(-c2ccc(F)cc2Br)n1. The molecule has 0 saturated carbocycles. The van der Waals surface area contributed by atoms with Crippen molar-refractivity contribution >= 4 is 15.9 Å². The second-order valence-electron chi connectivity index (χ2n) is 4.17. The number of benzene rings is 1. The molecule has 2 rings (SSSR count). The fourth-order valence-corrected chi connectivity index (χ4v) is 2.22. The minimum Gasteiger partial charge on any atom is -0.311 e. The van der Waals surface area contributed by atoms with Crippen LogP contribution >= 0.6 is 15.9 Å². The van der Waals surface area contributed by atoms with E-state index in [1.165, 1.54) is 12.1 Å². The molecule has 0 amide bonds. The summed E-state index contributed by atoms with van der Waals surface area (Å²) in [4.78, 5) is 8.72. The van der Waals surface area contributed by atoms with Gasteiger partial charge in [0.25, 0.3) is 0 Å². The van der Waals surface area contributed by atoms with Gasteiger partial charge in [0.15, 0.2) is 5.82 Å². The smallest absolute Gasteiger partial charge is 0.160 e. The second-order valence-corrected chi connectivity index (χ2v) is 5.03. The Morgan fingerprint density at radius 1 is 1.32 bits per heavy atom. The zero-order valence-corrected chi connectivity index (χ0v) is 12.2. The maximum Gasteiger partial charge on any atom is 0.160 e. The van der Waals surface area contributed by atoms with Gasteiger partial charge in [0, 0.05) is 22.8 Å². The molecule has 5 heteroatoms. The molecule has 0 aliphatic heterocycles. The van der Waals surface area contributed by atoms with Gasteiger partial charge in [-0.15, -0.1) is 0 Å². The lowest BCUT2D eigenvalue weighted by atomic mass is 10.2. The van der Waals surface area contributed by atoms with Gasteiger partial charge in [-0.1, -0.05) is 6.92 Å². The summed E-state index contributed by atoms with van der Waals surface area (Å²) in [7, 11) is 0. The van der Waals surface area contributed by atoms with E-state index in [4.69, 9.17) is 0 Å². The Labute approximate surface area is 120 Å². The molecule has 0 unspecified atom stereocenters. The number of aromatic nitrogens is 2. The lowest BCUT2D eigenvalue weighted by Crippen LogP contribution is -2.15. The average molecular weight is 324 g/mol. The van der Waals surface area contributed by atoms with Crippen molar-refractivity contribution < 1.29 is 4.39 Å². The fourth-order valence-electron chi connectivity index (χ4n) is 1.69. The van der Waals surface area contributed by atoms with Crippen molar-refractivity contribution in [1.29, 1.82) is 0 Å². The van der Waals surface area contributed by atoms with Crippen molar-refractivity contribution in [2.75, 3.05) is 6.54 Å². The van der Waals surface area contributed by atoms with Gasteiger partial charge in [-0.25, -0.2) is 14.4 Å². The van der Waals surface area contributed by atoms with E-state index in [1.54, 1.807) is 12.3 Å². The molecule has 1 N–H and O–H groups in total. The van der Waals surface area contributed by atoms with Gasteiger partial charge in [0.1, 0.15) is 5.82 Å². The fraction of sp³-hybridized carbons (Fsp3) is 0.286. The topological polar surface area (TPSA) is 37.8 Å². The number of rotatable bonds is 5. The zero-order chi connectivity index (χ0) is 13.7. The van der Waals surface area contributed by atoms with Crippen LogP contribution in [0.25, 0.3) is 11.4 Å². The van der Waals surface area contributed by atoms with Gasteiger partial charge in [0.05, 0.1) is 5.69 Å². The van der Waals surface area contributed by atoms with E-state index >= 15 is 0 Å². The molecular formula is C14H15BrFN3. The van der Waals surface area contributed by atoms with Crippen LogP contribution in [0.3, 0.4) is 0 Å². The minimum absolute atomic E-state index is 0.281. The van der Waals surface area contributed by atoms with Crippen LogP contribution in [0.2, 0.25) is 0 Å². The van der Waals surface area contributed by atoms with Crippen LogP contribution in [0, 0.1) is 5.82 Å². The van der Waals surface area contributed by atoms with Crippen LogP contribution < -0.4 is 5.32 Å². The molecule has 0 radical (unpaired) electrons. The Morgan fingerprint density at radius 3 is 2.89 bits per heavy atom. The molecule has 0 bridgehead atoms. The third kappa shape index (κ3) is 3.81. The molecule has 0 aliphatic carbocycles. The molecule has 1 aromatic carbocycles. The summed E-state index contributed by atoms with van der Waals surface area (Å²) in [5.74, 6) is 0.319. The first kappa shape index (κ1) is 14.1. The highest BCUT2D eigenvalue weighted by Gasteiger charge is 2.07. The largest absolute Gasteiger partial charge is 0.311 e. The highest BCUT2D eigenvalue weighted by atomic mass is 79.9. The molecule has 0 aliphatic rings. The molecule has 0 saturated heterocycles. The highest BCUT2D eigenvalue weighted by molar-refractivity contribution is 9.10. The second kappa shape index (κ2) is 6.73. The van der Waals surface area contributed by atoms with Crippen molar-refractivity contribution in [3.05, 3.63) is 46.4 Å². The summed E-state index contributed by atoms with van der Waals surface area (Å²) in [6.45, 7) is 3.79. The number of nitrogens with one attached hydrogen (secondary N) is 1. The van der Waals surface area contributed by atoms with Crippen LogP contribution in [-0.2, 0) is 6.54 Å². The van der Waals surface area contributed by atoms with Crippen molar-refractivity contribution in [2.45, 2.75) is 19.9 Å². The van der Waals surface area contributed by atoms with Gasteiger partial charge >= 0.3 is 0 Å². The predicted octanol–water partition coefficient (Wildman–Crippen LogP) is 3.54. The number of nitrogens with zero attached hydrogens (tertiary/aromatic N) is 2. The van der Waals surface area contributed by atoms with E-state index < -0.39 is 0 Å². The quantitative estimate of drug-likeness (QED) is 0.855. The minimum atomic E-state index is -0.281. The first-order valence-corrected chi connectivity index (χ1v) is 6.98. The first-order chi connectivity index (χ1) is 9.20. The van der Waals surface area contributed by atoms with Crippen molar-refractivity contribution in [3.63, 3.8) is 0 Å². The van der Waals surface area contributed by atoms with Crippen molar-refractivity contribution in [3.8, 4) is 11.4 Å². The monoisotopic (exact) mass is 323 g/mol. The Balaban J connectivity index is 2.22. The third-order valence-corrected chi connectivity index (χ3v) is 3.27. The van der Waals surface area contributed by atoms with E-state index in [9.17, 15) is 4.39 Å². The number of hydrogen-bond acceptors (Lipinski definition) is 3. The molecule has 0 spiro atoms. The van der Waals surface area contributed by atoms with Crippen LogP contribution in [-0.4, -0.2) is 16.5 Å². The normalized spacial score (nSPS) is 10.7. The van der Waals surface area contributed by atoms with Crippen LogP contribution in [0.4, 0.5) is 4.39 Å². The summed E-state index contributed by atoms with van der Waals surface area (Å²) < 4.78 is 13.7. The summed E-state index contributed by atoms with van der Waals surface area (Å²) in [5.41, 5.74) is 1.72. The molecule has 19 heavy (non-hydrogen) atoms. The molecule has 100 valence electrons. The van der Waals surface area contributed by atoms with Crippen molar-refractivity contribution in [1.82, 2.24) is 15.3 Å². The Hall–Kier alpha value is -1.33. The molecular weight excluding hydrogens is 309 g/mol. The Kier molecular flexibility index (Phi) is 4.99. The zero-order valence-electron chi connectivity index (χ0n) is 10.7. The van der Waals surface area contributed by atoms with Gasteiger partial charge < -0.3 is 5.32 Å². The molecule has 0 atom stereocenters. The lowest BCUT2D eigenvalue weighted by Gasteiger charge is -2.06. The molecule has 2 aromatic rings. The highest BCUT2D eigenvalue weighted by Crippen LogP contribution is 2.26. The third-order valence-electron chi connectivity index (χ3n) is 2.62. The molecule has 1 heterocycles. The van der Waals surface area contributed by atoms with Gasteiger partial charge in [0.2, 0.25) is 0 Å². The van der Waals surface area contributed by atoms with Crippen molar-refractivity contribution in [2.24, 2.45) is 0 Å². The molecule has 1 aromatic heterocycles. The first-order valence-electron chi connectivity index (χ1n) is 6.18. The molecule has 3 nitrogen and oxygen atoms in total. The molecule has 0 fully saturated rings. The van der Waals surface area contributed by atoms with Gasteiger partial charge in [-0.2, -0.15) is 0 Å². The van der Waals surface area contributed by atoms with E-state index in [2.05, 4.69) is 38.1 Å². The summed E-state index contributed by atoms with van der Waals surface area (Å²) >= 11 is 3.34. The standard InChI is InChI=1S/C14H15BrFN3/c1-2-6-17-9-11-5-7-18-14(19-11)12-4-3-10(16)8-13(12)15/h3-5,7-8,17H,2,6,9H2,1H3. The average Bonchev–Trinajstić information content (AvgIpc) is 2.39. The van der Waals surface area contributed by atoms with Crippen LogP contribution in [0.5, 0.6) is 0 Å². The van der Waals surface area contributed by atoms with Gasteiger partial charge in [-0.05, 0) is 53.2 Å².